The van der Waals surface area contributed by atoms with Crippen molar-refractivity contribution in [2.75, 3.05) is 14.1 Å². The van der Waals surface area contributed by atoms with E-state index in [-0.39, 0.29) is 6.04 Å². The molecule has 0 radical (unpaired) electrons. The van der Waals surface area contributed by atoms with Crippen molar-refractivity contribution in [3.8, 4) is 11.5 Å². The molecule has 2 aromatic heterocycles. The second kappa shape index (κ2) is 5.61. The summed E-state index contributed by atoms with van der Waals surface area (Å²) in [5, 5.41) is 6.26. The fourth-order valence-electron chi connectivity index (χ4n) is 2.53. The van der Waals surface area contributed by atoms with Crippen LogP contribution >= 0.6 is 0 Å². The number of nitrogens with zero attached hydrogens (tertiary/aromatic N) is 4. The van der Waals surface area contributed by atoms with E-state index in [2.05, 4.69) is 33.0 Å². The molecule has 0 aliphatic heterocycles. The molecule has 1 atom stereocenters. The number of hydrogen-bond donors (Lipinski definition) is 0. The number of hydrogen-bond acceptors (Lipinski definition) is 5. The highest BCUT2D eigenvalue weighted by Gasteiger charge is 2.20. The fourth-order valence-corrected chi connectivity index (χ4v) is 2.53. The van der Waals surface area contributed by atoms with Crippen LogP contribution in [0.3, 0.4) is 0 Å². The van der Waals surface area contributed by atoms with Crippen molar-refractivity contribution in [2.45, 2.75) is 19.4 Å². The van der Waals surface area contributed by atoms with Crippen LogP contribution in [-0.2, 0) is 0 Å². The molecule has 0 unspecified atom stereocenters. The van der Waals surface area contributed by atoms with E-state index in [0.29, 0.717) is 11.7 Å². The molecule has 108 valence electrons. The van der Waals surface area contributed by atoms with Crippen LogP contribution in [0.2, 0.25) is 0 Å². The van der Waals surface area contributed by atoms with Gasteiger partial charge in [0.1, 0.15) is 5.69 Å². The van der Waals surface area contributed by atoms with Crippen molar-refractivity contribution in [1.29, 1.82) is 0 Å². The van der Waals surface area contributed by atoms with Gasteiger partial charge < -0.3 is 4.52 Å². The molecular formula is C16H18N4O. The van der Waals surface area contributed by atoms with E-state index in [4.69, 9.17) is 4.52 Å². The van der Waals surface area contributed by atoms with Crippen LogP contribution in [0.1, 0.15) is 25.3 Å². The highest BCUT2D eigenvalue weighted by atomic mass is 16.5. The first-order valence-electron chi connectivity index (χ1n) is 7.05. The zero-order valence-corrected chi connectivity index (χ0v) is 12.4. The van der Waals surface area contributed by atoms with Crippen molar-refractivity contribution in [2.24, 2.45) is 0 Å². The lowest BCUT2D eigenvalue weighted by molar-refractivity contribution is 0.224. The Kier molecular flexibility index (Phi) is 3.66. The molecule has 0 saturated carbocycles. The number of pyridine rings is 1. The van der Waals surface area contributed by atoms with E-state index in [1.54, 1.807) is 6.20 Å². The molecule has 5 heteroatoms. The van der Waals surface area contributed by atoms with Crippen LogP contribution < -0.4 is 0 Å². The zero-order valence-electron chi connectivity index (χ0n) is 12.4. The number of rotatable bonds is 4. The summed E-state index contributed by atoms with van der Waals surface area (Å²) in [5.41, 5.74) is 0.761. The van der Waals surface area contributed by atoms with Gasteiger partial charge in [0.05, 0.1) is 6.04 Å². The molecule has 0 fully saturated rings. The lowest BCUT2D eigenvalue weighted by Crippen LogP contribution is -2.19. The van der Waals surface area contributed by atoms with Gasteiger partial charge in [-0.1, -0.05) is 36.3 Å². The Bertz CT molecular complexity index is 745. The topological polar surface area (TPSA) is 55.1 Å². The van der Waals surface area contributed by atoms with Crippen LogP contribution in [0.4, 0.5) is 0 Å². The largest absolute Gasteiger partial charge is 0.337 e. The van der Waals surface area contributed by atoms with Crippen molar-refractivity contribution < 1.29 is 4.52 Å². The Balaban J connectivity index is 2.06. The van der Waals surface area contributed by atoms with E-state index in [1.807, 2.05) is 38.4 Å². The summed E-state index contributed by atoms with van der Waals surface area (Å²) in [7, 11) is 4.02. The molecule has 0 N–H and O–H groups in total. The monoisotopic (exact) mass is 282 g/mol. The first-order valence-corrected chi connectivity index (χ1v) is 7.05. The Labute approximate surface area is 123 Å². The van der Waals surface area contributed by atoms with Gasteiger partial charge in [0, 0.05) is 11.6 Å². The molecule has 1 aromatic carbocycles. The fraction of sp³-hybridized carbons (Fsp3) is 0.312. The maximum atomic E-state index is 5.44. The summed E-state index contributed by atoms with van der Waals surface area (Å²) in [6, 6.07) is 10.2. The summed E-state index contributed by atoms with van der Waals surface area (Å²) >= 11 is 0. The maximum absolute atomic E-state index is 5.44. The Morgan fingerprint density at radius 2 is 2.00 bits per heavy atom. The highest BCUT2D eigenvalue weighted by molar-refractivity contribution is 5.92. The third-order valence-corrected chi connectivity index (χ3v) is 3.62. The summed E-state index contributed by atoms with van der Waals surface area (Å²) in [5.74, 6) is 1.18. The van der Waals surface area contributed by atoms with E-state index in [9.17, 15) is 0 Å². The van der Waals surface area contributed by atoms with Gasteiger partial charge in [0.2, 0.25) is 11.7 Å². The molecule has 5 nitrogen and oxygen atoms in total. The number of benzene rings is 1. The average molecular weight is 282 g/mol. The summed E-state index contributed by atoms with van der Waals surface area (Å²) in [4.78, 5) is 11.0. The third-order valence-electron chi connectivity index (χ3n) is 3.62. The standard InChI is InChI=1S/C16H18N4O/c1-4-13(20(2)3)16-18-15(19-21-16)14-12-8-6-5-7-11(12)9-10-17-14/h5-10,13H,4H2,1-3H3/t13-/m0/s1. The lowest BCUT2D eigenvalue weighted by atomic mass is 10.1. The lowest BCUT2D eigenvalue weighted by Gasteiger charge is -2.18. The van der Waals surface area contributed by atoms with Crippen molar-refractivity contribution >= 4 is 10.8 Å². The van der Waals surface area contributed by atoms with Gasteiger partial charge >= 0.3 is 0 Å². The Morgan fingerprint density at radius 3 is 2.76 bits per heavy atom. The van der Waals surface area contributed by atoms with Gasteiger partial charge in [-0.3, -0.25) is 9.88 Å². The van der Waals surface area contributed by atoms with Gasteiger partial charge in [-0.15, -0.1) is 0 Å². The third kappa shape index (κ3) is 2.52. The molecule has 0 aliphatic carbocycles. The number of aromatic nitrogens is 3. The summed E-state index contributed by atoms with van der Waals surface area (Å²) in [6.45, 7) is 2.10. The normalized spacial score (nSPS) is 13.0. The van der Waals surface area contributed by atoms with E-state index in [1.165, 1.54) is 0 Å². The SMILES string of the molecule is CC[C@@H](c1nc(-c2nccc3ccccc23)no1)N(C)C. The predicted octanol–water partition coefficient (Wildman–Crippen LogP) is 3.30. The average Bonchev–Trinajstić information content (AvgIpc) is 2.96. The maximum Gasteiger partial charge on any atom is 0.244 e. The quantitative estimate of drug-likeness (QED) is 0.735. The van der Waals surface area contributed by atoms with Gasteiger partial charge in [0.15, 0.2) is 0 Å². The van der Waals surface area contributed by atoms with Gasteiger partial charge in [-0.25, -0.2) is 0 Å². The predicted molar refractivity (Wildman–Crippen MR) is 81.8 cm³/mol. The van der Waals surface area contributed by atoms with Crippen molar-refractivity contribution in [3.05, 3.63) is 42.4 Å². The van der Waals surface area contributed by atoms with Crippen molar-refractivity contribution in [1.82, 2.24) is 20.0 Å². The molecule has 0 aliphatic rings. The molecule has 0 saturated heterocycles. The Morgan fingerprint density at radius 1 is 1.19 bits per heavy atom. The van der Waals surface area contributed by atoms with Crippen LogP contribution in [0, 0.1) is 0 Å². The van der Waals surface area contributed by atoms with Gasteiger partial charge in [-0.05, 0) is 32.0 Å². The second-order valence-corrected chi connectivity index (χ2v) is 5.22. The minimum absolute atomic E-state index is 0.126. The van der Waals surface area contributed by atoms with Gasteiger partial charge in [0.25, 0.3) is 0 Å². The molecule has 21 heavy (non-hydrogen) atoms. The summed E-state index contributed by atoms with van der Waals surface area (Å²) < 4.78 is 5.44. The molecule has 0 bridgehead atoms. The second-order valence-electron chi connectivity index (χ2n) is 5.22. The Hall–Kier alpha value is -2.27. The zero-order chi connectivity index (χ0) is 14.8. The number of fused-ring (bicyclic) bond motifs is 1. The molecule has 0 amide bonds. The molecule has 0 spiro atoms. The first-order chi connectivity index (χ1) is 10.2. The van der Waals surface area contributed by atoms with Crippen LogP contribution in [0.25, 0.3) is 22.3 Å². The molecule has 3 aromatic rings. The van der Waals surface area contributed by atoms with Crippen molar-refractivity contribution in [3.63, 3.8) is 0 Å². The molecule has 3 rings (SSSR count). The van der Waals surface area contributed by atoms with Crippen LogP contribution in [-0.4, -0.2) is 34.1 Å². The van der Waals surface area contributed by atoms with Crippen LogP contribution in [0.5, 0.6) is 0 Å². The smallest absolute Gasteiger partial charge is 0.244 e. The molecule has 2 heterocycles. The highest BCUT2D eigenvalue weighted by Crippen LogP contribution is 2.26. The summed E-state index contributed by atoms with van der Waals surface area (Å²) in [6.07, 6.45) is 2.69. The first kappa shape index (κ1) is 13.7. The van der Waals surface area contributed by atoms with E-state index < -0.39 is 0 Å². The van der Waals surface area contributed by atoms with E-state index in [0.717, 1.165) is 22.9 Å². The van der Waals surface area contributed by atoms with Gasteiger partial charge in [-0.2, -0.15) is 4.98 Å². The minimum atomic E-state index is 0.126. The minimum Gasteiger partial charge on any atom is -0.337 e. The van der Waals surface area contributed by atoms with E-state index >= 15 is 0 Å². The van der Waals surface area contributed by atoms with Crippen LogP contribution in [0.15, 0.2) is 41.1 Å². The molecular weight excluding hydrogens is 264 g/mol.